The number of nitriles is 1. The first-order valence-corrected chi connectivity index (χ1v) is 12.3. The highest BCUT2D eigenvalue weighted by Gasteiger charge is 2.41. The summed E-state index contributed by atoms with van der Waals surface area (Å²) in [6.07, 6.45) is -4.30. The third-order valence-corrected chi connectivity index (χ3v) is 6.33. The Labute approximate surface area is 232 Å². The largest absolute Gasteiger partial charge is 0.488 e. The standard InChI is InChI=1S/C31H21F3N4O3/c1-19-5-14-27(41-18-21-8-12-23(13-9-21)22-10-6-20(16-35)7-11-22)24(15-19)26-3-2-4-28(37-26)38-29(31(32,33)34)25(17-36-38)30(39)40/h2-15,17H,18H2,1H3,(H,39,40). The SMILES string of the molecule is Cc1ccc(OCc2ccc(-c3ccc(C#N)cc3)cc2)c(-c2cccc(-n3ncc(C(=O)O)c3C(F)(F)F)n2)c1. The molecule has 7 nitrogen and oxygen atoms in total. The Morgan fingerprint density at radius 3 is 2.32 bits per heavy atom. The van der Waals surface area contributed by atoms with E-state index in [1.54, 1.807) is 24.3 Å². The third kappa shape index (κ3) is 5.79. The van der Waals surface area contributed by atoms with Gasteiger partial charge in [-0.05, 0) is 60.0 Å². The van der Waals surface area contributed by atoms with Gasteiger partial charge in [0.2, 0.25) is 0 Å². The number of carboxylic acids is 1. The topological polar surface area (TPSA) is 101 Å². The molecule has 0 amide bonds. The second-order valence-electron chi connectivity index (χ2n) is 9.18. The summed E-state index contributed by atoms with van der Waals surface area (Å²) in [7, 11) is 0. The van der Waals surface area contributed by atoms with Crippen molar-refractivity contribution in [3.05, 3.63) is 119 Å². The van der Waals surface area contributed by atoms with Crippen LogP contribution in [0.2, 0.25) is 0 Å². The van der Waals surface area contributed by atoms with E-state index < -0.39 is 23.4 Å². The average molecular weight is 555 g/mol. The molecule has 1 N–H and O–H groups in total. The first kappa shape index (κ1) is 27.1. The summed E-state index contributed by atoms with van der Waals surface area (Å²) >= 11 is 0. The number of nitrogens with zero attached hydrogens (tertiary/aromatic N) is 4. The normalized spacial score (nSPS) is 11.2. The van der Waals surface area contributed by atoms with Gasteiger partial charge in [-0.25, -0.2) is 14.5 Å². The minimum atomic E-state index is -4.96. The van der Waals surface area contributed by atoms with E-state index >= 15 is 0 Å². The fraction of sp³-hybridized carbons (Fsp3) is 0.0968. The van der Waals surface area contributed by atoms with Crippen molar-refractivity contribution in [1.29, 1.82) is 5.26 Å². The molecule has 204 valence electrons. The fourth-order valence-electron chi connectivity index (χ4n) is 4.30. The molecule has 41 heavy (non-hydrogen) atoms. The molecule has 0 atom stereocenters. The van der Waals surface area contributed by atoms with Crippen LogP contribution in [0.25, 0.3) is 28.2 Å². The average Bonchev–Trinajstić information content (AvgIpc) is 3.44. The monoisotopic (exact) mass is 554 g/mol. The van der Waals surface area contributed by atoms with Gasteiger partial charge in [-0.2, -0.15) is 23.5 Å². The lowest BCUT2D eigenvalue weighted by Crippen LogP contribution is -2.18. The number of carbonyl (C=O) groups is 1. The Morgan fingerprint density at radius 1 is 1.00 bits per heavy atom. The van der Waals surface area contributed by atoms with Crippen LogP contribution in [-0.2, 0) is 12.8 Å². The van der Waals surface area contributed by atoms with E-state index in [-0.39, 0.29) is 12.4 Å². The zero-order valence-electron chi connectivity index (χ0n) is 21.6. The number of aromatic carboxylic acids is 1. The van der Waals surface area contributed by atoms with Gasteiger partial charge in [-0.1, -0.05) is 54.1 Å². The number of carboxylic acid groups (broad SMARTS) is 1. The molecule has 2 aromatic heterocycles. The first-order chi connectivity index (χ1) is 19.6. The number of benzene rings is 3. The number of pyridine rings is 1. The van der Waals surface area contributed by atoms with Gasteiger partial charge >= 0.3 is 12.1 Å². The summed E-state index contributed by atoms with van der Waals surface area (Å²) in [6, 6.07) is 27.0. The molecule has 5 aromatic rings. The van der Waals surface area contributed by atoms with Gasteiger partial charge in [0.1, 0.15) is 17.9 Å². The van der Waals surface area contributed by atoms with Crippen LogP contribution in [-0.4, -0.2) is 25.8 Å². The van der Waals surface area contributed by atoms with E-state index in [9.17, 15) is 23.1 Å². The molecule has 0 fully saturated rings. The van der Waals surface area contributed by atoms with Gasteiger partial charge in [0.15, 0.2) is 11.5 Å². The highest BCUT2D eigenvalue weighted by molar-refractivity contribution is 5.89. The lowest BCUT2D eigenvalue weighted by molar-refractivity contribution is -0.143. The molecule has 0 saturated carbocycles. The molecule has 0 spiro atoms. The number of hydrogen-bond donors (Lipinski definition) is 1. The van der Waals surface area contributed by atoms with Crippen LogP contribution in [0.3, 0.4) is 0 Å². The van der Waals surface area contributed by atoms with Crippen LogP contribution >= 0.6 is 0 Å². The van der Waals surface area contributed by atoms with Crippen LogP contribution in [0.15, 0.2) is 91.1 Å². The molecule has 0 aliphatic heterocycles. The number of aromatic nitrogens is 3. The van der Waals surface area contributed by atoms with Crippen molar-refractivity contribution in [2.45, 2.75) is 19.7 Å². The van der Waals surface area contributed by atoms with Gasteiger partial charge < -0.3 is 9.84 Å². The van der Waals surface area contributed by atoms with Gasteiger partial charge in [0.25, 0.3) is 0 Å². The van der Waals surface area contributed by atoms with Crippen LogP contribution < -0.4 is 4.74 Å². The van der Waals surface area contributed by atoms with Crippen molar-refractivity contribution >= 4 is 5.97 Å². The summed E-state index contributed by atoms with van der Waals surface area (Å²) in [5, 5.41) is 21.9. The Hall–Kier alpha value is -5.43. The molecule has 0 aliphatic carbocycles. The third-order valence-electron chi connectivity index (χ3n) is 6.33. The second-order valence-corrected chi connectivity index (χ2v) is 9.18. The summed E-state index contributed by atoms with van der Waals surface area (Å²) in [6.45, 7) is 2.09. The van der Waals surface area contributed by atoms with Gasteiger partial charge in [0.05, 0.1) is 23.5 Å². The first-order valence-electron chi connectivity index (χ1n) is 12.3. The number of hydrogen-bond acceptors (Lipinski definition) is 5. The Balaban J connectivity index is 1.42. The summed E-state index contributed by atoms with van der Waals surface area (Å²) in [5.41, 5.74) is 2.83. The molecule has 5 rings (SSSR count). The molecule has 0 aliphatic rings. The summed E-state index contributed by atoms with van der Waals surface area (Å²) in [5.74, 6) is -1.45. The Morgan fingerprint density at radius 2 is 1.68 bits per heavy atom. The smallest absolute Gasteiger partial charge is 0.434 e. The lowest BCUT2D eigenvalue weighted by atomic mass is 10.0. The molecule has 0 bridgehead atoms. The van der Waals surface area contributed by atoms with Gasteiger partial charge in [-0.3, -0.25) is 0 Å². The number of aryl methyl sites for hydroxylation is 1. The van der Waals surface area contributed by atoms with E-state index in [0.29, 0.717) is 33.4 Å². The highest BCUT2D eigenvalue weighted by atomic mass is 19.4. The molecular formula is C31H21F3N4O3. The number of rotatable bonds is 7. The van der Waals surface area contributed by atoms with E-state index in [0.717, 1.165) is 22.3 Å². The lowest BCUT2D eigenvalue weighted by Gasteiger charge is -2.15. The molecule has 2 heterocycles. The van der Waals surface area contributed by atoms with E-state index in [4.69, 9.17) is 10.00 Å². The molecule has 10 heteroatoms. The number of alkyl halides is 3. The zero-order valence-corrected chi connectivity index (χ0v) is 21.6. The van der Waals surface area contributed by atoms with Crippen molar-refractivity contribution in [2.75, 3.05) is 0 Å². The van der Waals surface area contributed by atoms with Crippen molar-refractivity contribution in [1.82, 2.24) is 14.8 Å². The quantitative estimate of drug-likeness (QED) is 0.231. The minimum Gasteiger partial charge on any atom is -0.488 e. The predicted molar refractivity (Wildman–Crippen MR) is 144 cm³/mol. The van der Waals surface area contributed by atoms with Gasteiger partial charge in [0, 0.05) is 5.56 Å². The minimum absolute atomic E-state index is 0.187. The molecule has 0 unspecified atom stereocenters. The molecular weight excluding hydrogens is 533 g/mol. The molecule has 3 aromatic carbocycles. The van der Waals surface area contributed by atoms with Crippen LogP contribution in [0.5, 0.6) is 5.75 Å². The Bertz CT molecular complexity index is 1770. The van der Waals surface area contributed by atoms with E-state index in [1.807, 2.05) is 55.5 Å². The van der Waals surface area contributed by atoms with Crippen molar-refractivity contribution in [3.8, 4) is 40.0 Å². The van der Waals surface area contributed by atoms with Crippen LogP contribution in [0.1, 0.15) is 32.7 Å². The maximum absolute atomic E-state index is 13.8. The van der Waals surface area contributed by atoms with E-state index in [1.165, 1.54) is 12.1 Å². The van der Waals surface area contributed by atoms with Crippen molar-refractivity contribution < 1.29 is 27.8 Å². The maximum atomic E-state index is 13.8. The summed E-state index contributed by atoms with van der Waals surface area (Å²) in [4.78, 5) is 15.8. The van der Waals surface area contributed by atoms with Crippen molar-refractivity contribution in [2.24, 2.45) is 0 Å². The van der Waals surface area contributed by atoms with Crippen LogP contribution in [0.4, 0.5) is 13.2 Å². The highest BCUT2D eigenvalue weighted by Crippen LogP contribution is 2.35. The predicted octanol–water partition coefficient (Wildman–Crippen LogP) is 7.08. The summed E-state index contributed by atoms with van der Waals surface area (Å²) < 4.78 is 47.9. The maximum Gasteiger partial charge on any atom is 0.434 e. The Kier molecular flexibility index (Phi) is 7.27. The van der Waals surface area contributed by atoms with Crippen molar-refractivity contribution in [3.63, 3.8) is 0 Å². The number of halogens is 3. The molecule has 0 saturated heterocycles. The number of ether oxygens (including phenoxy) is 1. The van der Waals surface area contributed by atoms with Crippen LogP contribution in [0, 0.1) is 18.3 Å². The fourth-order valence-corrected chi connectivity index (χ4v) is 4.30. The van der Waals surface area contributed by atoms with Gasteiger partial charge in [-0.15, -0.1) is 0 Å². The zero-order chi connectivity index (χ0) is 29.1. The van der Waals surface area contributed by atoms with E-state index in [2.05, 4.69) is 16.2 Å². The second kappa shape index (κ2) is 11.0. The molecule has 0 radical (unpaired) electrons.